The summed E-state index contributed by atoms with van der Waals surface area (Å²) in [5.41, 5.74) is 4.73. The standard InChI is InChI=1S/C66H100N2O6/c1-41(2)14-11-16-43(5)53-24-26-55-51-22-20-47-37-49(28-32-63(47,7)57(51)30-34-65(53,55)9)73-59(69)39-67-61(71)45-18-13-19-46(36-45)62(72)68-40-60(70)74-50-29-33-64(8)48(38-50)21-23-52-56-27-25-54(44(6)17-12-15-42(3)4)66(56,10)35-31-58(52)64/h13,18-21,36,41-44,49-58H,11-12,14-17,22-35,37-40H2,1-10H3,(H,67,71)(H,68,72)/t43-,44-,49+,50+,51+,52+,53-,54-,55+,56+,57+,58+,63+,64+,65-,66-/m1/s1. The van der Waals surface area contributed by atoms with Gasteiger partial charge in [-0.3, -0.25) is 19.2 Å². The number of nitrogens with one attached hydrogen (secondary N) is 2. The molecular formula is C66H100N2O6. The van der Waals surface area contributed by atoms with Crippen LogP contribution < -0.4 is 10.6 Å². The van der Waals surface area contributed by atoms with Gasteiger partial charge in [0.15, 0.2) is 0 Å². The molecular weight excluding hydrogens is 917 g/mol. The number of hydrogen-bond donors (Lipinski definition) is 2. The number of hydrogen-bond acceptors (Lipinski definition) is 6. The third-order valence-corrected chi connectivity index (χ3v) is 23.3. The molecule has 6 fully saturated rings. The third kappa shape index (κ3) is 11.0. The van der Waals surface area contributed by atoms with Crippen LogP contribution in [-0.2, 0) is 19.1 Å². The van der Waals surface area contributed by atoms with E-state index >= 15 is 0 Å². The molecule has 6 saturated carbocycles. The van der Waals surface area contributed by atoms with E-state index in [-0.39, 0.29) is 47.3 Å². The summed E-state index contributed by atoms with van der Waals surface area (Å²) in [5.74, 6) is 7.62. The van der Waals surface area contributed by atoms with Gasteiger partial charge >= 0.3 is 11.9 Å². The molecule has 0 bridgehead atoms. The van der Waals surface area contributed by atoms with Crippen LogP contribution in [0.5, 0.6) is 0 Å². The van der Waals surface area contributed by atoms with E-state index in [1.165, 1.54) is 107 Å². The second-order valence-electron chi connectivity index (χ2n) is 28.2. The fourth-order valence-electron chi connectivity index (χ4n) is 19.3. The largest absolute Gasteiger partial charge is 0.461 e. The number of esters is 2. The normalized spacial score (nSPS) is 37.9. The minimum Gasteiger partial charge on any atom is -0.461 e. The fraction of sp³-hybridized carbons (Fsp3) is 0.788. The average Bonchev–Trinajstić information content (AvgIpc) is 3.92. The highest BCUT2D eigenvalue weighted by Gasteiger charge is 2.61. The molecule has 1 aromatic rings. The van der Waals surface area contributed by atoms with Crippen LogP contribution in [0.1, 0.15) is 231 Å². The first kappa shape index (κ1) is 55.3. The van der Waals surface area contributed by atoms with Gasteiger partial charge in [0.1, 0.15) is 25.3 Å². The quantitative estimate of drug-likeness (QED) is 0.112. The smallest absolute Gasteiger partial charge is 0.325 e. The van der Waals surface area contributed by atoms with Crippen molar-refractivity contribution in [2.75, 3.05) is 13.1 Å². The molecule has 8 nitrogen and oxygen atoms in total. The SMILES string of the molecule is CC(C)CCC[C@@H](C)[C@H]1CC[C@H]2[C@@H]3CC=C4C[C@@H](OC(=O)CNC(=O)c5cccc(C(=O)NCC(=O)O[C@H]6CC[C@@]7(C)C(=CC[C@H]8[C@@H]9CC[C@H]([C@H](C)CCCC(C)C)[C@@]9(C)CC[C@@H]87)C6)c5)CC[C@]4(C)[C@H]3CC[C@]12C. The Kier molecular flexibility index (Phi) is 16.8. The second-order valence-corrected chi connectivity index (χ2v) is 28.2. The fourth-order valence-corrected chi connectivity index (χ4v) is 19.3. The minimum atomic E-state index is -0.457. The minimum absolute atomic E-state index is 0.165. The molecule has 2 N–H and O–H groups in total. The van der Waals surface area contributed by atoms with Crippen molar-refractivity contribution in [2.24, 2.45) is 92.7 Å². The maximum atomic E-state index is 13.3. The first-order valence-electron chi connectivity index (χ1n) is 30.7. The lowest BCUT2D eigenvalue weighted by Gasteiger charge is -2.58. The van der Waals surface area contributed by atoms with Gasteiger partial charge in [-0.15, -0.1) is 0 Å². The van der Waals surface area contributed by atoms with Gasteiger partial charge < -0.3 is 20.1 Å². The number of carbonyl (C=O) groups excluding carboxylic acids is 4. The van der Waals surface area contributed by atoms with Crippen LogP contribution in [0.2, 0.25) is 0 Å². The van der Waals surface area contributed by atoms with Crippen molar-refractivity contribution in [3.05, 3.63) is 58.7 Å². The monoisotopic (exact) mass is 1020 g/mol. The molecule has 0 aliphatic heterocycles. The highest BCUT2D eigenvalue weighted by molar-refractivity contribution is 6.01. The van der Waals surface area contributed by atoms with Crippen molar-refractivity contribution in [3.63, 3.8) is 0 Å². The van der Waals surface area contributed by atoms with Crippen molar-refractivity contribution >= 4 is 23.8 Å². The van der Waals surface area contributed by atoms with Gasteiger partial charge in [0.05, 0.1) is 0 Å². The number of fused-ring (bicyclic) bond motifs is 10. The van der Waals surface area contributed by atoms with E-state index in [0.29, 0.717) is 22.7 Å². The van der Waals surface area contributed by atoms with E-state index in [1.807, 2.05) is 0 Å². The summed E-state index contributed by atoms with van der Waals surface area (Å²) in [5, 5.41) is 5.46. The van der Waals surface area contributed by atoms with Gasteiger partial charge in [-0.2, -0.15) is 0 Å². The summed E-state index contributed by atoms with van der Waals surface area (Å²) < 4.78 is 12.1. The Labute approximate surface area is 448 Å². The maximum Gasteiger partial charge on any atom is 0.325 e. The highest BCUT2D eigenvalue weighted by atomic mass is 16.5. The first-order chi connectivity index (χ1) is 35.2. The second kappa shape index (κ2) is 22.5. The van der Waals surface area contributed by atoms with Gasteiger partial charge in [0.25, 0.3) is 11.8 Å². The van der Waals surface area contributed by atoms with Crippen LogP contribution in [0.4, 0.5) is 0 Å². The molecule has 74 heavy (non-hydrogen) atoms. The van der Waals surface area contributed by atoms with E-state index in [0.717, 1.165) is 111 Å². The van der Waals surface area contributed by atoms with E-state index in [9.17, 15) is 19.2 Å². The molecule has 8 aliphatic carbocycles. The predicted molar refractivity (Wildman–Crippen MR) is 297 cm³/mol. The average molecular weight is 1020 g/mol. The number of carbonyl (C=O) groups is 4. The van der Waals surface area contributed by atoms with Crippen LogP contribution in [-0.4, -0.2) is 49.1 Å². The zero-order chi connectivity index (χ0) is 52.7. The molecule has 0 radical (unpaired) electrons. The summed E-state index contributed by atoms with van der Waals surface area (Å²) in [7, 11) is 0. The van der Waals surface area contributed by atoms with E-state index in [4.69, 9.17) is 9.47 Å². The van der Waals surface area contributed by atoms with Crippen molar-refractivity contribution in [1.29, 1.82) is 0 Å². The topological polar surface area (TPSA) is 111 Å². The summed E-state index contributed by atoms with van der Waals surface area (Å²) in [4.78, 5) is 53.0. The lowest BCUT2D eigenvalue weighted by Crippen LogP contribution is -2.51. The van der Waals surface area contributed by atoms with E-state index < -0.39 is 23.8 Å². The molecule has 16 atom stereocenters. The molecule has 0 spiro atoms. The van der Waals surface area contributed by atoms with Crippen LogP contribution in [0.25, 0.3) is 0 Å². The van der Waals surface area contributed by atoms with Crippen LogP contribution in [0.15, 0.2) is 47.6 Å². The van der Waals surface area contributed by atoms with Crippen molar-refractivity contribution < 1.29 is 28.7 Å². The predicted octanol–water partition coefficient (Wildman–Crippen LogP) is 15.1. The Bertz CT molecular complexity index is 2110. The third-order valence-electron chi connectivity index (χ3n) is 23.3. The van der Waals surface area contributed by atoms with E-state index in [1.54, 1.807) is 18.2 Å². The molecule has 1 aromatic carbocycles. The van der Waals surface area contributed by atoms with Gasteiger partial charge in [0, 0.05) is 24.0 Å². The Morgan fingerprint density at radius 2 is 0.959 bits per heavy atom. The van der Waals surface area contributed by atoms with Gasteiger partial charge in [-0.1, -0.05) is 137 Å². The Morgan fingerprint density at radius 1 is 0.541 bits per heavy atom. The molecule has 0 unspecified atom stereocenters. The molecule has 0 heterocycles. The highest BCUT2D eigenvalue weighted by Crippen LogP contribution is 2.69. The van der Waals surface area contributed by atoms with Crippen LogP contribution >= 0.6 is 0 Å². The number of ether oxygens (including phenoxy) is 2. The van der Waals surface area contributed by atoms with Crippen LogP contribution in [0, 0.1) is 92.7 Å². The number of rotatable bonds is 18. The molecule has 0 aromatic heterocycles. The van der Waals surface area contributed by atoms with Crippen molar-refractivity contribution in [1.82, 2.24) is 10.6 Å². The molecule has 8 heteroatoms. The molecule has 0 saturated heterocycles. The van der Waals surface area contributed by atoms with Gasteiger partial charge in [-0.05, 0) is 201 Å². The zero-order valence-electron chi connectivity index (χ0n) is 48.0. The summed E-state index contributed by atoms with van der Waals surface area (Å²) in [6.45, 7) is 24.3. The first-order valence-corrected chi connectivity index (χ1v) is 30.7. The molecule has 2 amide bonds. The lowest BCUT2D eigenvalue weighted by atomic mass is 9.47. The van der Waals surface area contributed by atoms with E-state index in [2.05, 4.69) is 92.0 Å². The Balaban J connectivity index is 0.702. The summed E-state index contributed by atoms with van der Waals surface area (Å²) in [6.07, 6.45) is 31.3. The summed E-state index contributed by atoms with van der Waals surface area (Å²) >= 11 is 0. The Hall–Kier alpha value is -3.42. The molecule has 410 valence electrons. The maximum absolute atomic E-state index is 13.3. The summed E-state index contributed by atoms with van der Waals surface area (Å²) in [6, 6.07) is 6.39. The number of amides is 2. The number of allylic oxidation sites excluding steroid dienone is 2. The Morgan fingerprint density at radius 3 is 1.36 bits per heavy atom. The van der Waals surface area contributed by atoms with Gasteiger partial charge in [-0.25, -0.2) is 0 Å². The zero-order valence-corrected chi connectivity index (χ0v) is 48.0. The number of benzene rings is 1. The van der Waals surface area contributed by atoms with Crippen LogP contribution in [0.3, 0.4) is 0 Å². The van der Waals surface area contributed by atoms with Crippen molar-refractivity contribution in [2.45, 2.75) is 223 Å². The van der Waals surface area contributed by atoms with Crippen molar-refractivity contribution in [3.8, 4) is 0 Å². The molecule has 8 aliphatic rings. The molecule has 9 rings (SSSR count). The lowest BCUT2D eigenvalue weighted by molar-refractivity contribution is -0.151. The van der Waals surface area contributed by atoms with Gasteiger partial charge in [0.2, 0.25) is 0 Å².